The van der Waals surface area contributed by atoms with E-state index in [1.165, 1.54) is 0 Å². The Hall–Kier alpha value is -1.63. The number of ether oxygens (including phenoxy) is 1. The number of carboxylic acid groups (broad SMARTS) is 1. The van der Waals surface area contributed by atoms with Crippen LogP contribution in [0.4, 0.5) is 0 Å². The van der Waals surface area contributed by atoms with Crippen molar-refractivity contribution >= 4 is 17.8 Å². The highest BCUT2D eigenvalue weighted by atomic mass is 16.5. The normalized spacial score (nSPS) is 9.56. The summed E-state index contributed by atoms with van der Waals surface area (Å²) in [4.78, 5) is 32.1. The van der Waals surface area contributed by atoms with E-state index in [1.54, 1.807) is 0 Å². The summed E-state index contributed by atoms with van der Waals surface area (Å²) in [6, 6.07) is 0. The molecule has 0 saturated heterocycles. The lowest BCUT2D eigenvalue weighted by molar-refractivity contribution is -0.139. The van der Waals surface area contributed by atoms with E-state index < -0.39 is 11.9 Å². The molecule has 0 aromatic heterocycles. The van der Waals surface area contributed by atoms with E-state index in [0.29, 0.717) is 6.61 Å². The molecule has 0 bridgehead atoms. The molecule has 0 rings (SSSR count). The van der Waals surface area contributed by atoms with Gasteiger partial charge in [-0.2, -0.15) is 0 Å². The van der Waals surface area contributed by atoms with Gasteiger partial charge in [-0.05, 0) is 6.92 Å². The molecule has 0 saturated carbocycles. The summed E-state index contributed by atoms with van der Waals surface area (Å²) in [5.74, 6) is -1.97. The summed E-state index contributed by atoms with van der Waals surface area (Å²) in [6.07, 6.45) is -0.283. The second-order valence-corrected chi connectivity index (χ2v) is 2.94. The van der Waals surface area contributed by atoms with Gasteiger partial charge in [-0.15, -0.1) is 0 Å². The number of hydrazine groups is 1. The van der Waals surface area contributed by atoms with Gasteiger partial charge in [0.1, 0.15) is 0 Å². The van der Waals surface area contributed by atoms with Crippen molar-refractivity contribution in [2.75, 3.05) is 13.2 Å². The number of rotatable bonds is 7. The highest BCUT2D eigenvalue weighted by Gasteiger charge is 2.06. The highest BCUT2D eigenvalue weighted by Crippen LogP contribution is 1.87. The van der Waals surface area contributed by atoms with Gasteiger partial charge in [0.25, 0.3) is 0 Å². The van der Waals surface area contributed by atoms with Gasteiger partial charge in [-0.25, -0.2) is 0 Å². The van der Waals surface area contributed by atoms with E-state index in [9.17, 15) is 14.4 Å². The third kappa shape index (κ3) is 8.95. The Morgan fingerprint density at radius 3 is 2.12 bits per heavy atom. The Morgan fingerprint density at radius 1 is 1.06 bits per heavy atom. The van der Waals surface area contributed by atoms with Gasteiger partial charge in [0.15, 0.2) is 0 Å². The first-order chi connectivity index (χ1) is 7.56. The van der Waals surface area contributed by atoms with Gasteiger partial charge < -0.3 is 9.84 Å². The van der Waals surface area contributed by atoms with Gasteiger partial charge in [0.2, 0.25) is 11.8 Å². The van der Waals surface area contributed by atoms with Crippen molar-refractivity contribution in [3.63, 3.8) is 0 Å². The van der Waals surface area contributed by atoms with Crippen LogP contribution in [0.2, 0.25) is 0 Å². The fourth-order valence-electron chi connectivity index (χ4n) is 0.794. The van der Waals surface area contributed by atoms with Gasteiger partial charge in [-0.1, -0.05) is 0 Å². The second kappa shape index (κ2) is 8.66. The summed E-state index contributed by atoms with van der Waals surface area (Å²) in [6.45, 7) is 2.62. The highest BCUT2D eigenvalue weighted by molar-refractivity contribution is 5.83. The lowest BCUT2D eigenvalue weighted by Crippen LogP contribution is -2.42. The van der Waals surface area contributed by atoms with E-state index in [2.05, 4.69) is 10.9 Å². The Bertz CT molecular complexity index is 254. The van der Waals surface area contributed by atoms with E-state index in [1.807, 2.05) is 6.92 Å². The zero-order chi connectivity index (χ0) is 12.4. The third-order valence-corrected chi connectivity index (χ3v) is 1.58. The van der Waals surface area contributed by atoms with Crippen LogP contribution in [0.1, 0.15) is 26.2 Å². The van der Waals surface area contributed by atoms with E-state index >= 15 is 0 Å². The molecule has 0 unspecified atom stereocenters. The third-order valence-electron chi connectivity index (χ3n) is 1.58. The quantitative estimate of drug-likeness (QED) is 0.402. The minimum absolute atomic E-state index is 0.146. The number of hydrogen-bond acceptors (Lipinski definition) is 4. The van der Waals surface area contributed by atoms with Crippen LogP contribution in [-0.2, 0) is 19.1 Å². The maximum Gasteiger partial charge on any atom is 0.303 e. The molecule has 2 amide bonds. The number of carbonyl (C=O) groups is 3. The van der Waals surface area contributed by atoms with Crippen molar-refractivity contribution in [3.05, 3.63) is 0 Å². The molecule has 92 valence electrons. The number of aliphatic carboxylic acids is 1. The molecule has 0 radical (unpaired) electrons. The van der Waals surface area contributed by atoms with E-state index in [0.717, 1.165) is 0 Å². The largest absolute Gasteiger partial charge is 0.481 e. The number of carboxylic acids is 1. The number of amides is 2. The Morgan fingerprint density at radius 2 is 1.62 bits per heavy atom. The lowest BCUT2D eigenvalue weighted by Gasteiger charge is -2.06. The molecule has 0 aliphatic heterocycles. The molecule has 0 aromatic rings. The van der Waals surface area contributed by atoms with Gasteiger partial charge in [0.05, 0.1) is 19.4 Å². The second-order valence-electron chi connectivity index (χ2n) is 2.94. The molecular weight excluding hydrogens is 216 g/mol. The monoisotopic (exact) mass is 232 g/mol. The summed E-state index contributed by atoms with van der Waals surface area (Å²) >= 11 is 0. The van der Waals surface area contributed by atoms with E-state index in [-0.39, 0.29) is 31.8 Å². The molecule has 0 spiro atoms. The molecule has 0 fully saturated rings. The van der Waals surface area contributed by atoms with Crippen LogP contribution in [0.5, 0.6) is 0 Å². The maximum absolute atomic E-state index is 11.0. The van der Waals surface area contributed by atoms with Gasteiger partial charge in [0, 0.05) is 13.0 Å². The minimum atomic E-state index is -1.06. The van der Waals surface area contributed by atoms with Crippen molar-refractivity contribution in [3.8, 4) is 0 Å². The molecule has 16 heavy (non-hydrogen) atoms. The molecule has 0 atom stereocenters. The zero-order valence-corrected chi connectivity index (χ0v) is 9.12. The molecule has 0 aliphatic carbocycles. The average molecular weight is 232 g/mol. The molecule has 0 aliphatic rings. The van der Waals surface area contributed by atoms with Crippen LogP contribution in [0, 0.1) is 0 Å². The van der Waals surface area contributed by atoms with Crippen molar-refractivity contribution < 1.29 is 24.2 Å². The first-order valence-electron chi connectivity index (χ1n) is 4.93. The topological polar surface area (TPSA) is 105 Å². The predicted octanol–water partition coefficient (Wildman–Crippen LogP) is -0.575. The lowest BCUT2D eigenvalue weighted by atomic mass is 10.3. The Kier molecular flexibility index (Phi) is 7.78. The molecule has 7 nitrogen and oxygen atoms in total. The molecule has 0 aromatic carbocycles. The first-order valence-corrected chi connectivity index (χ1v) is 4.93. The van der Waals surface area contributed by atoms with Crippen molar-refractivity contribution in [2.24, 2.45) is 0 Å². The van der Waals surface area contributed by atoms with Crippen LogP contribution in [0.15, 0.2) is 0 Å². The zero-order valence-electron chi connectivity index (χ0n) is 9.12. The molecule has 0 heterocycles. The average Bonchev–Trinajstić information content (AvgIpc) is 2.24. The van der Waals surface area contributed by atoms with Crippen LogP contribution in [-0.4, -0.2) is 36.1 Å². The fraction of sp³-hybridized carbons (Fsp3) is 0.667. The summed E-state index contributed by atoms with van der Waals surface area (Å²) in [5, 5.41) is 8.30. The summed E-state index contributed by atoms with van der Waals surface area (Å²) in [5.41, 5.74) is 4.26. The number of carbonyl (C=O) groups excluding carboxylic acids is 2. The smallest absolute Gasteiger partial charge is 0.303 e. The summed E-state index contributed by atoms with van der Waals surface area (Å²) in [7, 11) is 0. The van der Waals surface area contributed by atoms with E-state index in [4.69, 9.17) is 9.84 Å². The molecular formula is C9H16N2O5. The Labute approximate surface area is 93.1 Å². The SMILES string of the molecule is CCOCCC(=O)NNC(=O)CCC(=O)O. The standard InChI is InChI=1S/C9H16N2O5/c1-2-16-6-5-8(13)11-10-7(12)3-4-9(14)15/h2-6H2,1H3,(H,10,12)(H,11,13)(H,14,15). The first kappa shape index (κ1) is 14.4. The van der Waals surface area contributed by atoms with Crippen LogP contribution >= 0.6 is 0 Å². The predicted molar refractivity (Wildman–Crippen MR) is 54.3 cm³/mol. The maximum atomic E-state index is 11.0. The number of hydrogen-bond donors (Lipinski definition) is 3. The van der Waals surface area contributed by atoms with Crippen molar-refractivity contribution in [1.82, 2.24) is 10.9 Å². The molecule has 3 N–H and O–H groups in total. The van der Waals surface area contributed by atoms with Gasteiger partial charge in [-0.3, -0.25) is 25.2 Å². The van der Waals surface area contributed by atoms with Crippen LogP contribution < -0.4 is 10.9 Å². The Balaban J connectivity index is 3.51. The minimum Gasteiger partial charge on any atom is -0.481 e. The van der Waals surface area contributed by atoms with Crippen molar-refractivity contribution in [1.29, 1.82) is 0 Å². The fourth-order valence-corrected chi connectivity index (χ4v) is 0.794. The van der Waals surface area contributed by atoms with Gasteiger partial charge >= 0.3 is 5.97 Å². The van der Waals surface area contributed by atoms with Crippen molar-refractivity contribution in [2.45, 2.75) is 26.2 Å². The van der Waals surface area contributed by atoms with Crippen LogP contribution in [0.3, 0.4) is 0 Å². The van der Waals surface area contributed by atoms with Crippen LogP contribution in [0.25, 0.3) is 0 Å². The number of nitrogens with one attached hydrogen (secondary N) is 2. The molecule has 7 heteroatoms. The summed E-state index contributed by atoms with van der Waals surface area (Å²) < 4.78 is 4.94.